The molecule has 4 heteroatoms. The second-order valence-electron chi connectivity index (χ2n) is 5.10. The number of rotatable bonds is 2. The monoisotopic (exact) mass is 266 g/mol. The van der Waals surface area contributed by atoms with E-state index in [1.807, 2.05) is 12.1 Å². The standard InChI is InChI=1S/C14H19ClN2O/c1-10-7-17(8-11(2)16(10)3)14-5-4-12(9-18)6-13(14)15/h4-6,9-11H,7-8H2,1-3H3. The number of hydrogen-bond donors (Lipinski definition) is 0. The zero-order valence-electron chi connectivity index (χ0n) is 11.1. The van der Waals surface area contributed by atoms with Gasteiger partial charge in [-0.1, -0.05) is 11.6 Å². The summed E-state index contributed by atoms with van der Waals surface area (Å²) in [4.78, 5) is 15.4. The van der Waals surface area contributed by atoms with Crippen molar-refractivity contribution in [1.82, 2.24) is 4.90 Å². The van der Waals surface area contributed by atoms with E-state index < -0.39 is 0 Å². The largest absolute Gasteiger partial charge is 0.367 e. The lowest BCUT2D eigenvalue weighted by Crippen LogP contribution is -2.55. The van der Waals surface area contributed by atoms with Gasteiger partial charge < -0.3 is 4.90 Å². The molecule has 0 saturated carbocycles. The van der Waals surface area contributed by atoms with Gasteiger partial charge >= 0.3 is 0 Å². The summed E-state index contributed by atoms with van der Waals surface area (Å²) in [6, 6.07) is 6.49. The average Bonchev–Trinajstić information content (AvgIpc) is 2.35. The molecule has 1 aromatic carbocycles. The average molecular weight is 267 g/mol. The molecule has 1 aliphatic rings. The smallest absolute Gasteiger partial charge is 0.150 e. The minimum absolute atomic E-state index is 0.496. The van der Waals surface area contributed by atoms with Crippen molar-refractivity contribution in [3.63, 3.8) is 0 Å². The summed E-state index contributed by atoms with van der Waals surface area (Å²) in [6.07, 6.45) is 0.824. The lowest BCUT2D eigenvalue weighted by Gasteiger charge is -2.43. The molecule has 1 aromatic rings. The molecule has 0 spiro atoms. The fourth-order valence-corrected chi connectivity index (χ4v) is 2.76. The first-order valence-electron chi connectivity index (χ1n) is 6.24. The maximum absolute atomic E-state index is 10.7. The highest BCUT2D eigenvalue weighted by molar-refractivity contribution is 6.33. The fourth-order valence-electron chi connectivity index (χ4n) is 2.45. The molecule has 0 aromatic heterocycles. The Labute approximate surface area is 113 Å². The highest BCUT2D eigenvalue weighted by Gasteiger charge is 2.27. The number of carbonyl (C=O) groups is 1. The van der Waals surface area contributed by atoms with Gasteiger partial charge in [-0.05, 0) is 39.1 Å². The van der Waals surface area contributed by atoms with Crippen LogP contribution in [0.5, 0.6) is 0 Å². The van der Waals surface area contributed by atoms with Gasteiger partial charge in [0.25, 0.3) is 0 Å². The third kappa shape index (κ3) is 2.52. The Morgan fingerprint density at radius 3 is 2.39 bits per heavy atom. The molecule has 0 N–H and O–H groups in total. The maximum atomic E-state index is 10.7. The van der Waals surface area contributed by atoms with Crippen molar-refractivity contribution < 1.29 is 4.79 Å². The topological polar surface area (TPSA) is 23.6 Å². The predicted molar refractivity (Wildman–Crippen MR) is 75.7 cm³/mol. The summed E-state index contributed by atoms with van der Waals surface area (Å²) in [5, 5.41) is 0.656. The van der Waals surface area contributed by atoms with Gasteiger partial charge in [0.2, 0.25) is 0 Å². The zero-order valence-corrected chi connectivity index (χ0v) is 11.8. The summed E-state index contributed by atoms with van der Waals surface area (Å²) in [6.45, 7) is 6.36. The molecule has 1 aliphatic heterocycles. The van der Waals surface area contributed by atoms with Crippen LogP contribution in [0.25, 0.3) is 0 Å². The Morgan fingerprint density at radius 2 is 1.89 bits per heavy atom. The van der Waals surface area contributed by atoms with Gasteiger partial charge in [-0.15, -0.1) is 0 Å². The molecule has 18 heavy (non-hydrogen) atoms. The van der Waals surface area contributed by atoms with E-state index in [1.165, 1.54) is 0 Å². The Hall–Kier alpha value is -1.06. The van der Waals surface area contributed by atoms with Crippen LogP contribution in [0.2, 0.25) is 5.02 Å². The van der Waals surface area contributed by atoms with Gasteiger partial charge in [0.05, 0.1) is 10.7 Å². The predicted octanol–water partition coefficient (Wildman–Crippen LogP) is 2.68. The summed E-state index contributed by atoms with van der Waals surface area (Å²) in [5.74, 6) is 0. The van der Waals surface area contributed by atoms with Crippen molar-refractivity contribution in [3.05, 3.63) is 28.8 Å². The molecule has 1 heterocycles. The minimum Gasteiger partial charge on any atom is -0.367 e. The molecular weight excluding hydrogens is 248 g/mol. The number of piperazine rings is 1. The first kappa shape index (κ1) is 13.4. The van der Waals surface area contributed by atoms with Gasteiger partial charge in [-0.25, -0.2) is 0 Å². The number of halogens is 1. The van der Waals surface area contributed by atoms with E-state index in [2.05, 4.69) is 30.7 Å². The number of nitrogens with zero attached hydrogens (tertiary/aromatic N) is 2. The van der Waals surface area contributed by atoms with Gasteiger partial charge in [0, 0.05) is 30.7 Å². The quantitative estimate of drug-likeness (QED) is 0.769. The van der Waals surface area contributed by atoms with Crippen molar-refractivity contribution in [2.75, 3.05) is 25.0 Å². The minimum atomic E-state index is 0.496. The molecule has 3 nitrogen and oxygen atoms in total. The van der Waals surface area contributed by atoms with Gasteiger partial charge in [-0.3, -0.25) is 9.69 Å². The molecule has 1 saturated heterocycles. The molecule has 0 bridgehead atoms. The summed E-state index contributed by atoms with van der Waals surface area (Å²) < 4.78 is 0. The number of aldehydes is 1. The van der Waals surface area contributed by atoms with Crippen molar-refractivity contribution >= 4 is 23.6 Å². The third-order valence-electron chi connectivity index (χ3n) is 3.81. The Bertz CT molecular complexity index is 437. The first-order chi connectivity index (χ1) is 8.52. The van der Waals surface area contributed by atoms with Crippen LogP contribution in [0, 0.1) is 0 Å². The van der Waals surface area contributed by atoms with Crippen LogP contribution in [0.3, 0.4) is 0 Å². The first-order valence-corrected chi connectivity index (χ1v) is 6.62. The second kappa shape index (κ2) is 5.29. The van der Waals surface area contributed by atoms with Crippen LogP contribution in [0.1, 0.15) is 24.2 Å². The van der Waals surface area contributed by atoms with E-state index in [0.717, 1.165) is 25.1 Å². The fraction of sp³-hybridized carbons (Fsp3) is 0.500. The number of anilines is 1. The van der Waals surface area contributed by atoms with Crippen LogP contribution in [0.15, 0.2) is 18.2 Å². The molecule has 1 fully saturated rings. The van der Waals surface area contributed by atoms with Crippen LogP contribution >= 0.6 is 11.6 Å². The summed E-state index contributed by atoms with van der Waals surface area (Å²) in [7, 11) is 2.16. The van der Waals surface area contributed by atoms with E-state index in [4.69, 9.17) is 11.6 Å². The van der Waals surface area contributed by atoms with E-state index in [-0.39, 0.29) is 0 Å². The second-order valence-corrected chi connectivity index (χ2v) is 5.50. The lowest BCUT2D eigenvalue weighted by molar-refractivity contribution is 0.112. The van der Waals surface area contributed by atoms with E-state index in [1.54, 1.807) is 6.07 Å². The van der Waals surface area contributed by atoms with Crippen LogP contribution in [0.4, 0.5) is 5.69 Å². The highest BCUT2D eigenvalue weighted by atomic mass is 35.5. The SMILES string of the molecule is CC1CN(c2ccc(C=O)cc2Cl)CC(C)N1C. The van der Waals surface area contributed by atoms with Crippen molar-refractivity contribution in [2.24, 2.45) is 0 Å². The van der Waals surface area contributed by atoms with Crippen molar-refractivity contribution in [3.8, 4) is 0 Å². The number of likely N-dealkylation sites (N-methyl/N-ethyl adjacent to an activating group) is 1. The molecule has 2 atom stereocenters. The zero-order chi connectivity index (χ0) is 13.3. The summed E-state index contributed by atoms with van der Waals surface area (Å²) >= 11 is 6.26. The molecule has 0 aliphatic carbocycles. The van der Waals surface area contributed by atoms with Crippen LogP contribution < -0.4 is 4.90 Å². The van der Waals surface area contributed by atoms with Crippen molar-refractivity contribution in [2.45, 2.75) is 25.9 Å². The number of hydrogen-bond acceptors (Lipinski definition) is 3. The van der Waals surface area contributed by atoms with E-state index in [9.17, 15) is 4.79 Å². The Morgan fingerprint density at radius 1 is 1.28 bits per heavy atom. The normalized spacial score (nSPS) is 25.2. The molecular formula is C14H19ClN2O. The van der Waals surface area contributed by atoms with Gasteiger partial charge in [0.15, 0.2) is 0 Å². The van der Waals surface area contributed by atoms with Gasteiger partial charge in [0.1, 0.15) is 6.29 Å². The number of carbonyl (C=O) groups excluding carboxylic acids is 1. The van der Waals surface area contributed by atoms with E-state index in [0.29, 0.717) is 22.7 Å². The number of benzene rings is 1. The maximum Gasteiger partial charge on any atom is 0.150 e. The van der Waals surface area contributed by atoms with Crippen molar-refractivity contribution in [1.29, 1.82) is 0 Å². The van der Waals surface area contributed by atoms with Gasteiger partial charge in [-0.2, -0.15) is 0 Å². The summed E-state index contributed by atoms with van der Waals surface area (Å²) in [5.41, 5.74) is 1.65. The Balaban J connectivity index is 2.24. The van der Waals surface area contributed by atoms with Crippen LogP contribution in [-0.2, 0) is 0 Å². The highest BCUT2D eigenvalue weighted by Crippen LogP contribution is 2.29. The molecule has 98 valence electrons. The molecule has 0 radical (unpaired) electrons. The molecule has 0 amide bonds. The molecule has 2 rings (SSSR count). The Kier molecular flexibility index (Phi) is 3.93. The lowest BCUT2D eigenvalue weighted by atomic mass is 10.1. The van der Waals surface area contributed by atoms with E-state index >= 15 is 0 Å². The molecule has 2 unspecified atom stereocenters. The van der Waals surface area contributed by atoms with Crippen LogP contribution in [-0.4, -0.2) is 43.4 Å². The third-order valence-corrected chi connectivity index (χ3v) is 4.11.